The van der Waals surface area contributed by atoms with Crippen molar-refractivity contribution in [1.29, 1.82) is 0 Å². The van der Waals surface area contributed by atoms with E-state index < -0.39 is 0 Å². The molecule has 3 aromatic heterocycles. The fraction of sp³-hybridized carbons (Fsp3) is 0.190. The standard InChI is InChI=1S/C21H20FN5O2/c1-29-19-4-2-3-18(22)17(19)12-24-20-8-7-16(21-26-25-13-27(20)21)14-5-6-15(9-10-28)23-11-14/h2-8,11,13,24,28H,9-10,12H2,1H3. The van der Waals surface area contributed by atoms with Gasteiger partial charge in [-0.15, -0.1) is 10.2 Å². The Labute approximate surface area is 166 Å². The fourth-order valence-corrected chi connectivity index (χ4v) is 3.21. The van der Waals surface area contributed by atoms with Gasteiger partial charge in [-0.1, -0.05) is 12.1 Å². The van der Waals surface area contributed by atoms with E-state index in [2.05, 4.69) is 20.5 Å². The van der Waals surface area contributed by atoms with Crippen LogP contribution in [0.15, 0.2) is 55.0 Å². The van der Waals surface area contributed by atoms with Crippen LogP contribution in [0.3, 0.4) is 0 Å². The van der Waals surface area contributed by atoms with Crippen molar-refractivity contribution in [2.45, 2.75) is 13.0 Å². The summed E-state index contributed by atoms with van der Waals surface area (Å²) in [7, 11) is 1.52. The Morgan fingerprint density at radius 1 is 1.17 bits per heavy atom. The van der Waals surface area contributed by atoms with Crippen LogP contribution in [-0.4, -0.2) is 38.4 Å². The van der Waals surface area contributed by atoms with E-state index in [1.54, 1.807) is 24.7 Å². The van der Waals surface area contributed by atoms with E-state index in [4.69, 9.17) is 9.84 Å². The number of ether oxygens (including phenoxy) is 1. The predicted octanol–water partition coefficient (Wildman–Crippen LogP) is 3.09. The van der Waals surface area contributed by atoms with Crippen LogP contribution in [0.1, 0.15) is 11.3 Å². The van der Waals surface area contributed by atoms with E-state index in [1.807, 2.05) is 28.7 Å². The zero-order valence-electron chi connectivity index (χ0n) is 15.8. The number of hydrogen-bond acceptors (Lipinski definition) is 6. The van der Waals surface area contributed by atoms with E-state index in [1.165, 1.54) is 13.2 Å². The molecule has 0 radical (unpaired) electrons. The molecule has 0 amide bonds. The quantitative estimate of drug-likeness (QED) is 0.502. The Bertz CT molecular complexity index is 1130. The van der Waals surface area contributed by atoms with Crippen LogP contribution in [-0.2, 0) is 13.0 Å². The number of pyridine rings is 2. The molecule has 29 heavy (non-hydrogen) atoms. The number of methoxy groups -OCH3 is 1. The highest BCUT2D eigenvalue weighted by atomic mass is 19.1. The number of rotatable bonds is 7. The summed E-state index contributed by atoms with van der Waals surface area (Å²) >= 11 is 0. The lowest BCUT2D eigenvalue weighted by Gasteiger charge is -2.13. The van der Waals surface area contributed by atoms with Gasteiger partial charge in [0, 0.05) is 48.2 Å². The zero-order valence-corrected chi connectivity index (χ0v) is 15.8. The van der Waals surface area contributed by atoms with Gasteiger partial charge in [0.25, 0.3) is 0 Å². The van der Waals surface area contributed by atoms with Crippen molar-refractivity contribution in [3.8, 4) is 16.9 Å². The molecule has 0 aliphatic carbocycles. The minimum Gasteiger partial charge on any atom is -0.496 e. The van der Waals surface area contributed by atoms with Gasteiger partial charge in [-0.25, -0.2) is 4.39 Å². The molecule has 0 fully saturated rings. The van der Waals surface area contributed by atoms with Gasteiger partial charge in [-0.3, -0.25) is 9.38 Å². The molecule has 7 nitrogen and oxygen atoms in total. The van der Waals surface area contributed by atoms with Gasteiger partial charge in [-0.05, 0) is 30.3 Å². The summed E-state index contributed by atoms with van der Waals surface area (Å²) in [5.41, 5.74) is 3.70. The van der Waals surface area contributed by atoms with Crippen molar-refractivity contribution in [2.24, 2.45) is 0 Å². The number of aromatic nitrogens is 4. The number of fused-ring (bicyclic) bond motifs is 1. The van der Waals surface area contributed by atoms with Crippen LogP contribution < -0.4 is 10.1 Å². The number of nitrogens with zero attached hydrogens (tertiary/aromatic N) is 4. The molecule has 0 saturated carbocycles. The number of anilines is 1. The lowest BCUT2D eigenvalue weighted by Crippen LogP contribution is -2.07. The van der Waals surface area contributed by atoms with Crippen LogP contribution >= 0.6 is 0 Å². The molecule has 0 saturated heterocycles. The maximum atomic E-state index is 14.2. The highest BCUT2D eigenvalue weighted by Crippen LogP contribution is 2.27. The second kappa shape index (κ2) is 8.24. The molecule has 3 heterocycles. The lowest BCUT2D eigenvalue weighted by molar-refractivity contribution is 0.298. The average molecular weight is 393 g/mol. The molecule has 0 atom stereocenters. The third-order valence-corrected chi connectivity index (χ3v) is 4.70. The van der Waals surface area contributed by atoms with Gasteiger partial charge in [0.05, 0.1) is 7.11 Å². The SMILES string of the molecule is COc1cccc(F)c1CNc1ccc(-c2ccc(CCO)nc2)c2nncn12. The summed E-state index contributed by atoms with van der Waals surface area (Å²) in [6.07, 6.45) is 3.88. The van der Waals surface area contributed by atoms with Crippen molar-refractivity contribution in [2.75, 3.05) is 19.0 Å². The number of nitrogens with one attached hydrogen (secondary N) is 1. The molecule has 0 aliphatic heterocycles. The minimum atomic E-state index is -0.331. The van der Waals surface area contributed by atoms with Gasteiger partial charge in [0.15, 0.2) is 5.65 Å². The number of aliphatic hydroxyl groups excluding tert-OH is 1. The Morgan fingerprint density at radius 3 is 2.83 bits per heavy atom. The van der Waals surface area contributed by atoms with Crippen LogP contribution in [0, 0.1) is 5.82 Å². The Hall–Kier alpha value is -3.52. The fourth-order valence-electron chi connectivity index (χ4n) is 3.21. The molecule has 0 aliphatic rings. The van der Waals surface area contributed by atoms with Crippen molar-refractivity contribution in [1.82, 2.24) is 19.6 Å². The second-order valence-electron chi connectivity index (χ2n) is 6.44. The molecule has 4 aromatic rings. The first-order valence-electron chi connectivity index (χ1n) is 9.15. The zero-order chi connectivity index (χ0) is 20.2. The van der Waals surface area contributed by atoms with E-state index in [0.29, 0.717) is 23.4 Å². The molecule has 0 unspecified atom stereocenters. The summed E-state index contributed by atoms with van der Waals surface area (Å²) in [5.74, 6) is 0.884. The Kier molecular flexibility index (Phi) is 5.35. The molecule has 4 rings (SSSR count). The van der Waals surface area contributed by atoms with Crippen molar-refractivity contribution >= 4 is 11.5 Å². The molecule has 148 valence electrons. The molecule has 1 aromatic carbocycles. The third kappa shape index (κ3) is 3.74. The number of halogens is 1. The number of aliphatic hydroxyl groups is 1. The average Bonchev–Trinajstić information content (AvgIpc) is 3.24. The van der Waals surface area contributed by atoms with Gasteiger partial charge < -0.3 is 15.2 Å². The highest BCUT2D eigenvalue weighted by molar-refractivity contribution is 5.78. The maximum absolute atomic E-state index is 14.2. The van der Waals surface area contributed by atoms with Gasteiger partial charge in [-0.2, -0.15) is 0 Å². The highest BCUT2D eigenvalue weighted by Gasteiger charge is 2.13. The second-order valence-corrected chi connectivity index (χ2v) is 6.44. The van der Waals surface area contributed by atoms with Crippen molar-refractivity contribution in [3.63, 3.8) is 0 Å². The van der Waals surface area contributed by atoms with E-state index in [-0.39, 0.29) is 19.0 Å². The van der Waals surface area contributed by atoms with Gasteiger partial charge in [0.2, 0.25) is 0 Å². The van der Waals surface area contributed by atoms with Crippen LogP contribution in [0.2, 0.25) is 0 Å². The van der Waals surface area contributed by atoms with Crippen LogP contribution in [0.5, 0.6) is 5.75 Å². The summed E-state index contributed by atoms with van der Waals surface area (Å²) in [5, 5.41) is 20.5. The van der Waals surface area contributed by atoms with E-state index >= 15 is 0 Å². The maximum Gasteiger partial charge on any atom is 0.170 e. The van der Waals surface area contributed by atoms with Gasteiger partial charge >= 0.3 is 0 Å². The van der Waals surface area contributed by atoms with E-state index in [0.717, 1.165) is 22.6 Å². The minimum absolute atomic E-state index is 0.0634. The van der Waals surface area contributed by atoms with E-state index in [9.17, 15) is 4.39 Å². The normalized spacial score (nSPS) is 11.0. The number of benzene rings is 1. The first-order valence-corrected chi connectivity index (χ1v) is 9.15. The summed E-state index contributed by atoms with van der Waals surface area (Å²) in [4.78, 5) is 4.37. The van der Waals surface area contributed by atoms with Gasteiger partial charge in [0.1, 0.15) is 23.7 Å². The molecular formula is C21H20FN5O2. The molecular weight excluding hydrogens is 373 g/mol. The summed E-state index contributed by atoms with van der Waals surface area (Å²) in [6, 6.07) is 12.4. The topological polar surface area (TPSA) is 84.6 Å². The van der Waals surface area contributed by atoms with Crippen LogP contribution in [0.4, 0.5) is 10.2 Å². The van der Waals surface area contributed by atoms with Crippen molar-refractivity contribution in [3.05, 3.63) is 72.1 Å². The Morgan fingerprint density at radius 2 is 2.07 bits per heavy atom. The molecule has 2 N–H and O–H groups in total. The lowest BCUT2D eigenvalue weighted by atomic mass is 10.1. The summed E-state index contributed by atoms with van der Waals surface area (Å²) in [6.45, 7) is 0.313. The molecule has 8 heteroatoms. The largest absolute Gasteiger partial charge is 0.496 e. The Balaban J connectivity index is 1.63. The summed E-state index contributed by atoms with van der Waals surface area (Å²) < 4.78 is 21.3. The monoisotopic (exact) mass is 393 g/mol. The molecule has 0 spiro atoms. The smallest absolute Gasteiger partial charge is 0.170 e. The first kappa shape index (κ1) is 18.8. The molecule has 0 bridgehead atoms. The van der Waals surface area contributed by atoms with Crippen molar-refractivity contribution < 1.29 is 14.2 Å². The number of hydrogen-bond donors (Lipinski definition) is 2. The van der Waals surface area contributed by atoms with Crippen LogP contribution in [0.25, 0.3) is 16.8 Å². The predicted molar refractivity (Wildman–Crippen MR) is 107 cm³/mol. The first-order chi connectivity index (χ1) is 14.2. The third-order valence-electron chi connectivity index (χ3n) is 4.70.